The van der Waals surface area contributed by atoms with Crippen molar-refractivity contribution in [2.75, 3.05) is 13.2 Å². The topological polar surface area (TPSA) is 48.4 Å². The largest absolute Gasteiger partial charge is 0.468 e. The molecule has 2 unspecified atom stereocenters. The number of ether oxygens (including phenoxy) is 1. The van der Waals surface area contributed by atoms with Gasteiger partial charge in [-0.3, -0.25) is 0 Å². The normalized spacial score (nSPS) is 27.9. The van der Waals surface area contributed by atoms with Crippen LogP contribution in [-0.4, -0.2) is 24.5 Å². The third-order valence-electron chi connectivity index (χ3n) is 2.44. The molecule has 2 rings (SSSR count). The molecule has 1 saturated heterocycles. The molecule has 1 aliphatic heterocycles. The van der Waals surface area contributed by atoms with Crippen molar-refractivity contribution in [3.05, 3.63) is 18.1 Å². The molecule has 3 nitrogen and oxygen atoms in total. The molecule has 0 amide bonds. The number of thioether (sulfide) groups is 1. The Labute approximate surface area is 88.0 Å². The molecule has 1 aromatic heterocycles. The van der Waals surface area contributed by atoms with Crippen LogP contribution in [0.2, 0.25) is 0 Å². The summed E-state index contributed by atoms with van der Waals surface area (Å²) in [5.74, 6) is 0.966. The zero-order valence-electron chi connectivity index (χ0n) is 8.23. The lowest BCUT2D eigenvalue weighted by Crippen LogP contribution is -2.40. The monoisotopic (exact) mass is 213 g/mol. The Hall–Kier alpha value is -0.450. The summed E-state index contributed by atoms with van der Waals surface area (Å²) in [6.45, 7) is 3.51. The van der Waals surface area contributed by atoms with E-state index in [4.69, 9.17) is 14.9 Å². The van der Waals surface area contributed by atoms with Gasteiger partial charge in [-0.15, -0.1) is 11.8 Å². The predicted octanol–water partition coefficient (Wildman–Crippen LogP) is 1.80. The summed E-state index contributed by atoms with van der Waals surface area (Å²) in [6.07, 6.45) is 2.67. The quantitative estimate of drug-likeness (QED) is 0.813. The lowest BCUT2D eigenvalue weighted by atomic mass is 10.1. The van der Waals surface area contributed by atoms with Crippen molar-refractivity contribution in [1.82, 2.24) is 0 Å². The van der Waals surface area contributed by atoms with Crippen LogP contribution in [-0.2, 0) is 4.74 Å². The second-order valence-corrected chi connectivity index (χ2v) is 4.81. The zero-order chi connectivity index (χ0) is 9.97. The number of hydrogen-bond acceptors (Lipinski definition) is 4. The standard InChI is InChI=1S/C10H15NO2S/c1-7-9(3-5-13-7)14-10-6-12-4-2-8(10)11/h3,5,8,10H,2,4,6,11H2,1H3. The molecule has 1 aliphatic rings. The van der Waals surface area contributed by atoms with Gasteiger partial charge in [0.15, 0.2) is 0 Å². The fraction of sp³-hybridized carbons (Fsp3) is 0.600. The smallest absolute Gasteiger partial charge is 0.114 e. The molecule has 0 radical (unpaired) electrons. The average Bonchev–Trinajstić information content (AvgIpc) is 2.56. The van der Waals surface area contributed by atoms with Crippen LogP contribution in [0.25, 0.3) is 0 Å². The molecule has 0 aromatic carbocycles. The molecule has 0 spiro atoms. The highest BCUT2D eigenvalue weighted by Gasteiger charge is 2.24. The highest BCUT2D eigenvalue weighted by Crippen LogP contribution is 2.30. The number of hydrogen-bond donors (Lipinski definition) is 1. The molecule has 0 bridgehead atoms. The first-order valence-corrected chi connectivity index (χ1v) is 5.69. The van der Waals surface area contributed by atoms with Crippen LogP contribution in [0.3, 0.4) is 0 Å². The van der Waals surface area contributed by atoms with E-state index in [1.807, 2.05) is 13.0 Å². The molecule has 2 atom stereocenters. The van der Waals surface area contributed by atoms with Gasteiger partial charge in [-0.1, -0.05) is 0 Å². The minimum Gasteiger partial charge on any atom is -0.468 e. The van der Waals surface area contributed by atoms with Gasteiger partial charge in [0.1, 0.15) is 5.76 Å². The first kappa shape index (κ1) is 10.1. The SMILES string of the molecule is Cc1occc1SC1COCCC1N. The van der Waals surface area contributed by atoms with Crippen LogP contribution in [0.5, 0.6) is 0 Å². The maximum atomic E-state index is 6.01. The van der Waals surface area contributed by atoms with Crippen molar-refractivity contribution >= 4 is 11.8 Å². The summed E-state index contributed by atoms with van der Waals surface area (Å²) in [4.78, 5) is 1.18. The molecule has 1 fully saturated rings. The third-order valence-corrected chi connectivity index (χ3v) is 3.91. The first-order chi connectivity index (χ1) is 6.77. The van der Waals surface area contributed by atoms with E-state index in [9.17, 15) is 0 Å². The van der Waals surface area contributed by atoms with Gasteiger partial charge in [0.25, 0.3) is 0 Å². The van der Waals surface area contributed by atoms with E-state index < -0.39 is 0 Å². The van der Waals surface area contributed by atoms with E-state index in [0.29, 0.717) is 5.25 Å². The Bertz CT molecular complexity index is 300. The fourth-order valence-electron chi connectivity index (χ4n) is 1.51. The molecule has 2 N–H and O–H groups in total. The molecular weight excluding hydrogens is 198 g/mol. The molecule has 0 aliphatic carbocycles. The fourth-order valence-corrected chi connectivity index (χ4v) is 2.66. The van der Waals surface area contributed by atoms with E-state index >= 15 is 0 Å². The Morgan fingerprint density at radius 3 is 3.07 bits per heavy atom. The van der Waals surface area contributed by atoms with Gasteiger partial charge in [0, 0.05) is 22.8 Å². The second kappa shape index (κ2) is 4.38. The Kier molecular flexibility index (Phi) is 3.15. The maximum Gasteiger partial charge on any atom is 0.114 e. The molecule has 78 valence electrons. The molecule has 0 saturated carbocycles. The first-order valence-electron chi connectivity index (χ1n) is 4.81. The molecule has 4 heteroatoms. The van der Waals surface area contributed by atoms with E-state index in [0.717, 1.165) is 25.4 Å². The number of rotatable bonds is 2. The van der Waals surface area contributed by atoms with E-state index in [2.05, 4.69) is 0 Å². The average molecular weight is 213 g/mol. The van der Waals surface area contributed by atoms with Gasteiger partial charge in [-0.2, -0.15) is 0 Å². The van der Waals surface area contributed by atoms with E-state index in [1.54, 1.807) is 18.0 Å². The van der Waals surface area contributed by atoms with Crippen molar-refractivity contribution in [3.63, 3.8) is 0 Å². The van der Waals surface area contributed by atoms with Crippen LogP contribution in [0.1, 0.15) is 12.2 Å². The van der Waals surface area contributed by atoms with Gasteiger partial charge >= 0.3 is 0 Å². The van der Waals surface area contributed by atoms with Crippen molar-refractivity contribution in [2.45, 2.75) is 29.5 Å². The lowest BCUT2D eigenvalue weighted by Gasteiger charge is -2.27. The van der Waals surface area contributed by atoms with Gasteiger partial charge in [-0.05, 0) is 19.4 Å². The van der Waals surface area contributed by atoms with Crippen molar-refractivity contribution in [2.24, 2.45) is 5.73 Å². The van der Waals surface area contributed by atoms with E-state index in [-0.39, 0.29) is 6.04 Å². The van der Waals surface area contributed by atoms with Crippen molar-refractivity contribution in [1.29, 1.82) is 0 Å². The van der Waals surface area contributed by atoms with Crippen LogP contribution < -0.4 is 5.73 Å². The molecule has 2 heterocycles. The van der Waals surface area contributed by atoms with Crippen molar-refractivity contribution < 1.29 is 9.15 Å². The van der Waals surface area contributed by atoms with Crippen molar-refractivity contribution in [3.8, 4) is 0 Å². The van der Waals surface area contributed by atoms with Crippen LogP contribution in [0.15, 0.2) is 21.6 Å². The summed E-state index contributed by atoms with van der Waals surface area (Å²) in [7, 11) is 0. The Morgan fingerprint density at radius 2 is 2.43 bits per heavy atom. The van der Waals surface area contributed by atoms with Crippen LogP contribution in [0.4, 0.5) is 0 Å². The molecule has 14 heavy (non-hydrogen) atoms. The number of nitrogens with two attached hydrogens (primary N) is 1. The van der Waals surface area contributed by atoms with Gasteiger partial charge in [-0.25, -0.2) is 0 Å². The minimum absolute atomic E-state index is 0.239. The minimum atomic E-state index is 0.239. The Balaban J connectivity index is 1.99. The highest BCUT2D eigenvalue weighted by molar-refractivity contribution is 8.00. The van der Waals surface area contributed by atoms with Crippen LogP contribution in [0, 0.1) is 6.92 Å². The second-order valence-electron chi connectivity index (χ2n) is 3.52. The van der Waals surface area contributed by atoms with Crippen LogP contribution >= 0.6 is 11.8 Å². The zero-order valence-corrected chi connectivity index (χ0v) is 9.05. The summed E-state index contributed by atoms with van der Waals surface area (Å²) < 4.78 is 10.6. The van der Waals surface area contributed by atoms with Gasteiger partial charge < -0.3 is 14.9 Å². The summed E-state index contributed by atoms with van der Waals surface area (Å²) in [6, 6.07) is 2.23. The van der Waals surface area contributed by atoms with Gasteiger partial charge in [0.05, 0.1) is 12.9 Å². The maximum absolute atomic E-state index is 6.01. The molecule has 1 aromatic rings. The van der Waals surface area contributed by atoms with E-state index in [1.165, 1.54) is 4.90 Å². The highest BCUT2D eigenvalue weighted by atomic mass is 32.2. The third kappa shape index (κ3) is 2.13. The summed E-state index contributed by atoms with van der Waals surface area (Å²) in [5, 5.41) is 0.361. The Morgan fingerprint density at radius 1 is 1.57 bits per heavy atom. The lowest BCUT2D eigenvalue weighted by molar-refractivity contribution is 0.0916. The predicted molar refractivity (Wildman–Crippen MR) is 56.5 cm³/mol. The number of furan rings is 1. The van der Waals surface area contributed by atoms with Gasteiger partial charge in [0.2, 0.25) is 0 Å². The summed E-state index contributed by atoms with van der Waals surface area (Å²) in [5.41, 5.74) is 6.01. The molecular formula is C10H15NO2S. The summed E-state index contributed by atoms with van der Waals surface area (Å²) >= 11 is 1.76. The number of aryl methyl sites for hydroxylation is 1.